The first-order valence-corrected chi connectivity index (χ1v) is 7.67. The second-order valence-electron chi connectivity index (χ2n) is 5.82. The first kappa shape index (κ1) is 10.7. The van der Waals surface area contributed by atoms with Crippen LogP contribution in [0.25, 0.3) is 10.1 Å². The van der Waals surface area contributed by atoms with Gasteiger partial charge in [-0.2, -0.15) is 0 Å². The molecule has 2 fully saturated rings. The maximum atomic E-state index is 12.3. The van der Waals surface area contributed by atoms with Gasteiger partial charge in [-0.3, -0.25) is 4.79 Å². The van der Waals surface area contributed by atoms with Crippen molar-refractivity contribution in [3.63, 3.8) is 0 Å². The third-order valence-electron chi connectivity index (χ3n) is 4.62. The highest BCUT2D eigenvalue weighted by atomic mass is 32.1. The van der Waals surface area contributed by atoms with Gasteiger partial charge >= 0.3 is 0 Å². The minimum atomic E-state index is 0.368. The molecule has 0 N–H and O–H groups in total. The lowest BCUT2D eigenvalue weighted by molar-refractivity contribution is -0.122. The van der Waals surface area contributed by atoms with Gasteiger partial charge in [-0.1, -0.05) is 18.2 Å². The van der Waals surface area contributed by atoms with Crippen molar-refractivity contribution in [3.8, 4) is 0 Å². The molecular weight excluding hydrogens is 240 g/mol. The molecule has 2 aliphatic rings. The Morgan fingerprint density at radius 1 is 1.17 bits per heavy atom. The van der Waals surface area contributed by atoms with E-state index >= 15 is 0 Å². The molecule has 4 rings (SSSR count). The van der Waals surface area contributed by atoms with E-state index in [1.807, 2.05) is 0 Å². The second kappa shape index (κ2) is 3.92. The average molecular weight is 256 g/mol. The normalized spacial score (nSPS) is 29.4. The lowest BCUT2D eigenvalue weighted by Gasteiger charge is -2.09. The van der Waals surface area contributed by atoms with Gasteiger partial charge in [0, 0.05) is 17.0 Å². The summed E-state index contributed by atoms with van der Waals surface area (Å²) in [5.74, 6) is 2.65. The van der Waals surface area contributed by atoms with Crippen LogP contribution in [-0.4, -0.2) is 5.78 Å². The van der Waals surface area contributed by atoms with E-state index in [2.05, 4.69) is 29.6 Å². The number of carbonyl (C=O) groups excluding carboxylic acids is 1. The Morgan fingerprint density at radius 2 is 1.94 bits per heavy atom. The Morgan fingerprint density at radius 3 is 2.78 bits per heavy atom. The molecule has 2 heteroatoms. The van der Waals surface area contributed by atoms with E-state index in [9.17, 15) is 4.79 Å². The highest BCUT2D eigenvalue weighted by Crippen LogP contribution is 2.54. The lowest BCUT2D eigenvalue weighted by atomic mass is 9.93. The smallest absolute Gasteiger partial charge is 0.140 e. The van der Waals surface area contributed by atoms with Crippen LogP contribution in [0.3, 0.4) is 0 Å². The van der Waals surface area contributed by atoms with Crippen LogP contribution >= 0.6 is 11.3 Å². The van der Waals surface area contributed by atoms with Gasteiger partial charge in [-0.15, -0.1) is 11.3 Å². The monoisotopic (exact) mass is 256 g/mol. The van der Waals surface area contributed by atoms with E-state index in [0.29, 0.717) is 18.1 Å². The molecule has 1 nitrogen and oxygen atoms in total. The van der Waals surface area contributed by atoms with Gasteiger partial charge in [0.05, 0.1) is 0 Å². The number of fused-ring (bicyclic) bond motifs is 2. The molecule has 0 radical (unpaired) electrons. The fraction of sp³-hybridized carbons (Fsp3) is 0.438. The quantitative estimate of drug-likeness (QED) is 0.809. The standard InChI is InChI=1S/C16H16OS/c17-15(12-6-10-5-11(10)7-12)8-13-9-18-16-4-2-1-3-14(13)16/h1-4,9-12H,5-8H2. The van der Waals surface area contributed by atoms with Crippen LogP contribution in [0, 0.1) is 17.8 Å². The van der Waals surface area contributed by atoms with Crippen molar-refractivity contribution < 1.29 is 4.79 Å². The van der Waals surface area contributed by atoms with Gasteiger partial charge in [0.2, 0.25) is 0 Å². The summed E-state index contributed by atoms with van der Waals surface area (Å²) in [6.07, 6.45) is 4.39. The highest BCUT2D eigenvalue weighted by Gasteiger charge is 2.47. The zero-order chi connectivity index (χ0) is 12.1. The van der Waals surface area contributed by atoms with E-state index < -0.39 is 0 Å². The molecule has 0 bridgehead atoms. The third kappa shape index (κ3) is 1.71. The van der Waals surface area contributed by atoms with Gasteiger partial charge in [0.15, 0.2) is 0 Å². The molecule has 18 heavy (non-hydrogen) atoms. The number of hydrogen-bond donors (Lipinski definition) is 0. The summed E-state index contributed by atoms with van der Waals surface area (Å²) in [6, 6.07) is 8.40. The molecule has 1 aromatic heterocycles. The summed E-state index contributed by atoms with van der Waals surface area (Å²) in [6.45, 7) is 0. The molecular formula is C16H16OS. The van der Waals surface area contributed by atoms with Gasteiger partial charge in [-0.05, 0) is 53.5 Å². The van der Waals surface area contributed by atoms with Crippen LogP contribution in [0.4, 0.5) is 0 Å². The summed E-state index contributed by atoms with van der Waals surface area (Å²) in [5.41, 5.74) is 1.24. The van der Waals surface area contributed by atoms with Gasteiger partial charge in [0.25, 0.3) is 0 Å². The van der Waals surface area contributed by atoms with Gasteiger partial charge in [-0.25, -0.2) is 0 Å². The van der Waals surface area contributed by atoms with E-state index in [0.717, 1.165) is 11.8 Å². The Labute approximate surface area is 111 Å². The lowest BCUT2D eigenvalue weighted by Crippen LogP contribution is -2.15. The van der Waals surface area contributed by atoms with E-state index in [1.54, 1.807) is 11.3 Å². The first-order valence-electron chi connectivity index (χ1n) is 6.79. The van der Waals surface area contributed by atoms with Crippen molar-refractivity contribution in [1.82, 2.24) is 0 Å². The largest absolute Gasteiger partial charge is 0.299 e. The number of thiophene rings is 1. The Hall–Kier alpha value is -1.15. The van der Waals surface area contributed by atoms with Gasteiger partial charge < -0.3 is 0 Å². The van der Waals surface area contributed by atoms with Crippen LogP contribution in [0.1, 0.15) is 24.8 Å². The molecule has 0 aliphatic heterocycles. The SMILES string of the molecule is O=C(Cc1csc2ccccc12)C1CC2CC2C1. The second-order valence-corrected chi connectivity index (χ2v) is 6.74. The summed E-state index contributed by atoms with van der Waals surface area (Å²) >= 11 is 1.76. The number of hydrogen-bond acceptors (Lipinski definition) is 2. The number of carbonyl (C=O) groups is 1. The predicted molar refractivity (Wildman–Crippen MR) is 74.9 cm³/mol. The van der Waals surface area contributed by atoms with Crippen molar-refractivity contribution in [2.24, 2.45) is 17.8 Å². The maximum absolute atomic E-state index is 12.3. The number of ketones is 1. The minimum Gasteiger partial charge on any atom is -0.299 e. The Bertz CT molecular complexity index is 602. The predicted octanol–water partition coefficient (Wildman–Crippen LogP) is 4.06. The maximum Gasteiger partial charge on any atom is 0.140 e. The van der Waals surface area contributed by atoms with Crippen molar-refractivity contribution in [2.75, 3.05) is 0 Å². The molecule has 2 aromatic rings. The van der Waals surface area contributed by atoms with Crippen LogP contribution in [0.15, 0.2) is 29.6 Å². The van der Waals surface area contributed by atoms with Crippen molar-refractivity contribution in [1.29, 1.82) is 0 Å². The topological polar surface area (TPSA) is 17.1 Å². The molecule has 0 spiro atoms. The van der Waals surface area contributed by atoms with Crippen molar-refractivity contribution in [3.05, 3.63) is 35.2 Å². The highest BCUT2D eigenvalue weighted by molar-refractivity contribution is 7.17. The molecule has 0 saturated heterocycles. The van der Waals surface area contributed by atoms with Crippen LogP contribution in [0.2, 0.25) is 0 Å². The van der Waals surface area contributed by atoms with E-state index in [4.69, 9.17) is 0 Å². The molecule has 2 aliphatic carbocycles. The number of Topliss-reactive ketones (excluding diaryl/α,β-unsaturated/α-hetero) is 1. The summed E-state index contributed by atoms with van der Waals surface area (Å²) in [7, 11) is 0. The Balaban J connectivity index is 1.55. The van der Waals surface area contributed by atoms with Crippen LogP contribution in [0.5, 0.6) is 0 Å². The van der Waals surface area contributed by atoms with Crippen molar-refractivity contribution >= 4 is 27.2 Å². The first-order chi connectivity index (χ1) is 8.81. The molecule has 2 saturated carbocycles. The summed E-state index contributed by atoms with van der Waals surface area (Å²) < 4.78 is 1.30. The number of benzene rings is 1. The third-order valence-corrected chi connectivity index (χ3v) is 5.64. The molecule has 2 unspecified atom stereocenters. The molecule has 0 amide bonds. The Kier molecular flexibility index (Phi) is 2.34. The van der Waals surface area contributed by atoms with E-state index in [1.165, 1.54) is 34.9 Å². The molecule has 1 heterocycles. The molecule has 1 aromatic carbocycles. The molecule has 2 atom stereocenters. The fourth-order valence-electron chi connectivity index (χ4n) is 3.48. The van der Waals surface area contributed by atoms with Gasteiger partial charge in [0.1, 0.15) is 5.78 Å². The average Bonchev–Trinajstić information content (AvgIpc) is 2.84. The molecule has 92 valence electrons. The summed E-state index contributed by atoms with van der Waals surface area (Å²) in [5, 5.41) is 3.44. The zero-order valence-electron chi connectivity index (χ0n) is 10.3. The fourth-order valence-corrected chi connectivity index (χ4v) is 4.44. The van der Waals surface area contributed by atoms with Crippen molar-refractivity contribution in [2.45, 2.75) is 25.7 Å². The zero-order valence-corrected chi connectivity index (χ0v) is 11.1. The van der Waals surface area contributed by atoms with Crippen LogP contribution in [-0.2, 0) is 11.2 Å². The van der Waals surface area contributed by atoms with Crippen LogP contribution < -0.4 is 0 Å². The minimum absolute atomic E-state index is 0.368. The summed E-state index contributed by atoms with van der Waals surface area (Å²) in [4.78, 5) is 12.3. The number of rotatable bonds is 3. The van der Waals surface area contributed by atoms with E-state index in [-0.39, 0.29) is 0 Å².